The van der Waals surface area contributed by atoms with Crippen molar-refractivity contribution in [3.8, 4) is 0 Å². The summed E-state index contributed by atoms with van der Waals surface area (Å²) in [5, 5.41) is 0. The van der Waals surface area contributed by atoms with Crippen molar-refractivity contribution >= 4 is 27.8 Å². The molecule has 0 bridgehead atoms. The van der Waals surface area contributed by atoms with Crippen LogP contribution in [-0.4, -0.2) is 16.5 Å². The van der Waals surface area contributed by atoms with Gasteiger partial charge in [-0.25, -0.2) is 0 Å². The van der Waals surface area contributed by atoms with E-state index in [1.54, 1.807) is 0 Å². The maximum atomic E-state index is 2.64. The zero-order valence-corrected chi connectivity index (χ0v) is 21.8. The standard InChI is InChI=1S/C26H36N2Si2/c1-19-17-23(21-13-9-11-15-25(21)27(19)29(3,4)5)24-18-20(2)28(30(6,7)8)26-16-12-10-14-22(24)26/h9-18,23-24H,1-8H3/t23-,24+. The van der Waals surface area contributed by atoms with Crippen molar-refractivity contribution in [1.82, 2.24) is 0 Å². The van der Waals surface area contributed by atoms with Crippen molar-refractivity contribution in [2.45, 2.75) is 65.0 Å². The molecule has 0 saturated carbocycles. The molecule has 4 heteroatoms. The van der Waals surface area contributed by atoms with Gasteiger partial charge in [0.15, 0.2) is 16.5 Å². The van der Waals surface area contributed by atoms with Crippen LogP contribution in [0.15, 0.2) is 72.1 Å². The summed E-state index contributed by atoms with van der Waals surface area (Å²) >= 11 is 0. The van der Waals surface area contributed by atoms with Crippen molar-refractivity contribution in [2.24, 2.45) is 0 Å². The van der Waals surface area contributed by atoms with Crippen molar-refractivity contribution < 1.29 is 0 Å². The minimum atomic E-state index is -1.52. The van der Waals surface area contributed by atoms with Crippen LogP contribution in [0.4, 0.5) is 11.4 Å². The zero-order valence-electron chi connectivity index (χ0n) is 19.8. The number of hydrogen-bond donors (Lipinski definition) is 0. The van der Waals surface area contributed by atoms with Gasteiger partial charge in [-0.05, 0) is 37.1 Å². The van der Waals surface area contributed by atoms with Gasteiger partial charge in [-0.2, -0.15) is 0 Å². The molecule has 0 spiro atoms. The molecule has 0 aromatic heterocycles. The fourth-order valence-electron chi connectivity index (χ4n) is 5.55. The van der Waals surface area contributed by atoms with E-state index in [0.717, 1.165) is 0 Å². The second-order valence-corrected chi connectivity index (χ2v) is 20.4. The molecule has 4 rings (SSSR count). The first-order valence-corrected chi connectivity index (χ1v) is 18.0. The first kappa shape index (κ1) is 21.2. The molecule has 0 amide bonds. The maximum Gasteiger partial charge on any atom is 0.153 e. The topological polar surface area (TPSA) is 6.48 Å². The van der Waals surface area contributed by atoms with Crippen LogP contribution >= 0.6 is 0 Å². The lowest BCUT2D eigenvalue weighted by Gasteiger charge is -2.46. The van der Waals surface area contributed by atoms with E-state index in [4.69, 9.17) is 0 Å². The minimum absolute atomic E-state index is 0.369. The molecule has 2 aromatic carbocycles. The molecule has 30 heavy (non-hydrogen) atoms. The Labute approximate surface area is 185 Å². The van der Waals surface area contributed by atoms with Crippen LogP contribution < -0.4 is 9.13 Å². The summed E-state index contributed by atoms with van der Waals surface area (Å²) in [7, 11) is -3.05. The summed E-state index contributed by atoms with van der Waals surface area (Å²) in [6.45, 7) is 19.2. The van der Waals surface area contributed by atoms with Crippen molar-refractivity contribution in [3.63, 3.8) is 0 Å². The third kappa shape index (κ3) is 3.50. The van der Waals surface area contributed by atoms with Gasteiger partial charge in [0.2, 0.25) is 0 Å². The predicted molar refractivity (Wildman–Crippen MR) is 138 cm³/mol. The van der Waals surface area contributed by atoms with Gasteiger partial charge in [0.1, 0.15) is 0 Å². The molecule has 0 fully saturated rings. The highest BCUT2D eigenvalue weighted by Crippen LogP contribution is 2.50. The molecule has 0 N–H and O–H groups in total. The van der Waals surface area contributed by atoms with E-state index >= 15 is 0 Å². The fourth-order valence-corrected chi connectivity index (χ4v) is 9.67. The number of anilines is 2. The summed E-state index contributed by atoms with van der Waals surface area (Å²) < 4.78 is 5.27. The highest BCUT2D eigenvalue weighted by atomic mass is 28.3. The molecule has 0 saturated heterocycles. The third-order valence-electron chi connectivity index (χ3n) is 6.35. The van der Waals surface area contributed by atoms with Crippen molar-refractivity contribution in [3.05, 3.63) is 83.2 Å². The Morgan fingerprint density at radius 3 is 1.23 bits per heavy atom. The van der Waals surface area contributed by atoms with Crippen LogP contribution in [-0.2, 0) is 0 Å². The first-order valence-electron chi connectivity index (χ1n) is 11.2. The Kier molecular flexibility index (Phi) is 5.14. The molecule has 2 aliphatic heterocycles. The second-order valence-electron chi connectivity index (χ2n) is 10.8. The highest BCUT2D eigenvalue weighted by Gasteiger charge is 2.39. The molecule has 2 nitrogen and oxygen atoms in total. The lowest BCUT2D eigenvalue weighted by atomic mass is 9.77. The van der Waals surface area contributed by atoms with E-state index < -0.39 is 16.5 Å². The lowest BCUT2D eigenvalue weighted by molar-refractivity contribution is 0.705. The molecule has 2 aromatic rings. The first-order chi connectivity index (χ1) is 14.0. The van der Waals surface area contributed by atoms with Crippen molar-refractivity contribution in [2.75, 3.05) is 9.13 Å². The van der Waals surface area contributed by atoms with Crippen LogP contribution in [0.25, 0.3) is 0 Å². The van der Waals surface area contributed by atoms with E-state index in [1.807, 2.05) is 0 Å². The van der Waals surface area contributed by atoms with Gasteiger partial charge >= 0.3 is 0 Å². The number of hydrogen-bond acceptors (Lipinski definition) is 2. The average Bonchev–Trinajstić information content (AvgIpc) is 2.64. The SMILES string of the molecule is CC1=C[C@@H]([C@H]2C=C(C)N([Si](C)(C)C)c3ccccc32)c2ccccc2N1[Si](C)(C)C. The highest BCUT2D eigenvalue weighted by molar-refractivity contribution is 6.81. The minimum Gasteiger partial charge on any atom is -0.373 e. The van der Waals surface area contributed by atoms with E-state index in [1.165, 1.54) is 33.9 Å². The molecule has 0 aliphatic carbocycles. The molecule has 2 atom stereocenters. The summed E-state index contributed by atoms with van der Waals surface area (Å²) in [6.07, 6.45) is 5.08. The number of para-hydroxylation sites is 2. The number of allylic oxidation sites excluding steroid dienone is 4. The summed E-state index contributed by atoms with van der Waals surface area (Å²) in [5.41, 5.74) is 8.59. The molecule has 2 heterocycles. The third-order valence-corrected chi connectivity index (χ3v) is 10.2. The largest absolute Gasteiger partial charge is 0.373 e. The Morgan fingerprint density at radius 1 is 0.567 bits per heavy atom. The van der Waals surface area contributed by atoms with Crippen LogP contribution in [0.2, 0.25) is 39.3 Å². The van der Waals surface area contributed by atoms with Crippen molar-refractivity contribution in [1.29, 1.82) is 0 Å². The summed E-state index contributed by atoms with van der Waals surface area (Å²) in [4.78, 5) is 0. The van der Waals surface area contributed by atoms with Gasteiger partial charge in [0.05, 0.1) is 0 Å². The Bertz CT molecular complexity index is 940. The average molecular weight is 433 g/mol. The van der Waals surface area contributed by atoms with Gasteiger partial charge in [-0.3, -0.25) is 0 Å². The van der Waals surface area contributed by atoms with Gasteiger partial charge in [-0.15, -0.1) is 0 Å². The fraction of sp³-hybridized carbons (Fsp3) is 0.385. The Balaban J connectivity index is 1.89. The predicted octanol–water partition coefficient (Wildman–Crippen LogP) is 7.67. The smallest absolute Gasteiger partial charge is 0.153 e. The van der Waals surface area contributed by atoms with E-state index in [2.05, 4.69) is 123 Å². The van der Waals surface area contributed by atoms with Gasteiger partial charge in [0.25, 0.3) is 0 Å². The van der Waals surface area contributed by atoms with Gasteiger partial charge in [0, 0.05) is 34.6 Å². The normalized spacial score (nSPS) is 21.6. The van der Waals surface area contributed by atoms with Gasteiger partial charge < -0.3 is 9.13 Å². The number of benzene rings is 2. The second kappa shape index (κ2) is 7.28. The molecule has 158 valence electrons. The summed E-state index contributed by atoms with van der Waals surface area (Å²) in [6, 6.07) is 18.2. The molecular weight excluding hydrogens is 396 g/mol. The van der Waals surface area contributed by atoms with Crippen LogP contribution in [0, 0.1) is 0 Å². The lowest BCUT2D eigenvalue weighted by Crippen LogP contribution is -2.48. The Morgan fingerprint density at radius 2 is 0.900 bits per heavy atom. The quantitative estimate of drug-likeness (QED) is 0.459. The zero-order chi connectivity index (χ0) is 21.8. The van der Waals surface area contributed by atoms with Gasteiger partial charge in [-0.1, -0.05) is 87.8 Å². The summed E-state index contributed by atoms with van der Waals surface area (Å²) in [5.74, 6) is 0.738. The van der Waals surface area contributed by atoms with Crippen LogP contribution in [0.5, 0.6) is 0 Å². The Hall–Kier alpha value is -2.05. The molecule has 0 radical (unpaired) electrons. The van der Waals surface area contributed by atoms with Crippen LogP contribution in [0.3, 0.4) is 0 Å². The molecular formula is C26H36N2Si2. The molecule has 2 aliphatic rings. The monoisotopic (exact) mass is 432 g/mol. The molecule has 0 unspecified atom stereocenters. The number of fused-ring (bicyclic) bond motifs is 2. The van der Waals surface area contributed by atoms with E-state index in [9.17, 15) is 0 Å². The maximum absolute atomic E-state index is 2.64. The number of nitrogens with zero attached hydrogens (tertiary/aromatic N) is 2. The van der Waals surface area contributed by atoms with Crippen LogP contribution in [0.1, 0.15) is 36.8 Å². The number of rotatable bonds is 3. The van der Waals surface area contributed by atoms with E-state index in [0.29, 0.717) is 11.8 Å². The van der Waals surface area contributed by atoms with E-state index in [-0.39, 0.29) is 0 Å².